The zero-order valence-electron chi connectivity index (χ0n) is 18.3. The summed E-state index contributed by atoms with van der Waals surface area (Å²) >= 11 is 0. The number of carbonyl (C=O) groups excluding carboxylic acids is 1. The van der Waals surface area contributed by atoms with Gasteiger partial charge in [0.2, 0.25) is 0 Å². The van der Waals surface area contributed by atoms with Gasteiger partial charge in [-0.3, -0.25) is 9.89 Å². The monoisotopic (exact) mass is 446 g/mol. The first-order valence-corrected chi connectivity index (χ1v) is 10.1. The standard InChI is InChI=1S/C24H25F3N2O3/c1-14(30)11-19(23-15(2)28-29-16(23)3)17-9-10-21(22(12-17)31-4)32-13-18-7-5-6-8-20(18)24(25,26)27/h5-10,12,19H,11,13H2,1-4H3,(H,28,29). The van der Waals surface area contributed by atoms with Crippen molar-refractivity contribution in [3.05, 3.63) is 76.1 Å². The number of nitrogens with zero attached hydrogens (tertiary/aromatic N) is 1. The van der Waals surface area contributed by atoms with Crippen molar-refractivity contribution in [3.8, 4) is 11.5 Å². The fourth-order valence-corrected chi connectivity index (χ4v) is 3.85. The third-order valence-corrected chi connectivity index (χ3v) is 5.32. The zero-order chi connectivity index (χ0) is 23.5. The number of ether oxygens (including phenoxy) is 2. The molecule has 0 aliphatic rings. The molecule has 1 unspecified atom stereocenters. The van der Waals surface area contributed by atoms with Gasteiger partial charge in [-0.15, -0.1) is 0 Å². The second kappa shape index (κ2) is 9.46. The summed E-state index contributed by atoms with van der Waals surface area (Å²) in [5, 5.41) is 7.18. The van der Waals surface area contributed by atoms with Gasteiger partial charge in [0.1, 0.15) is 12.4 Å². The van der Waals surface area contributed by atoms with Crippen molar-refractivity contribution in [2.24, 2.45) is 0 Å². The number of halogens is 3. The molecule has 5 nitrogen and oxygen atoms in total. The summed E-state index contributed by atoms with van der Waals surface area (Å²) in [6, 6.07) is 10.5. The molecule has 1 heterocycles. The molecule has 3 aromatic rings. The molecule has 2 aromatic carbocycles. The van der Waals surface area contributed by atoms with E-state index in [4.69, 9.17) is 9.47 Å². The fraction of sp³-hybridized carbons (Fsp3) is 0.333. The van der Waals surface area contributed by atoms with E-state index >= 15 is 0 Å². The van der Waals surface area contributed by atoms with E-state index in [0.29, 0.717) is 11.5 Å². The minimum absolute atomic E-state index is 0.0260. The molecule has 0 aliphatic carbocycles. The largest absolute Gasteiger partial charge is 0.493 e. The maximum absolute atomic E-state index is 13.2. The topological polar surface area (TPSA) is 64.2 Å². The Balaban J connectivity index is 1.91. The van der Waals surface area contributed by atoms with E-state index in [1.165, 1.54) is 32.2 Å². The Hall–Kier alpha value is -3.29. The molecule has 8 heteroatoms. The Morgan fingerprint density at radius 2 is 1.84 bits per heavy atom. The SMILES string of the molecule is COc1cc(C(CC(C)=O)c2c(C)n[nH]c2C)ccc1OCc1ccccc1C(F)(F)F. The number of aryl methyl sites for hydroxylation is 2. The van der Waals surface area contributed by atoms with Crippen LogP contribution in [-0.4, -0.2) is 23.1 Å². The number of aromatic amines is 1. The molecule has 32 heavy (non-hydrogen) atoms. The third-order valence-electron chi connectivity index (χ3n) is 5.32. The zero-order valence-corrected chi connectivity index (χ0v) is 18.3. The van der Waals surface area contributed by atoms with E-state index < -0.39 is 11.7 Å². The van der Waals surface area contributed by atoms with Crippen LogP contribution < -0.4 is 9.47 Å². The minimum Gasteiger partial charge on any atom is -0.493 e. The summed E-state index contributed by atoms with van der Waals surface area (Å²) in [5.41, 5.74) is 2.74. The summed E-state index contributed by atoms with van der Waals surface area (Å²) in [4.78, 5) is 12.0. The maximum atomic E-state index is 13.2. The molecule has 3 rings (SSSR count). The molecule has 0 saturated heterocycles. The maximum Gasteiger partial charge on any atom is 0.416 e. The number of ketones is 1. The van der Waals surface area contributed by atoms with E-state index in [1.807, 2.05) is 13.8 Å². The van der Waals surface area contributed by atoms with Gasteiger partial charge in [-0.05, 0) is 44.5 Å². The molecule has 0 amide bonds. The predicted octanol–water partition coefficient (Wildman–Crippen LogP) is 5.74. The van der Waals surface area contributed by atoms with Crippen LogP contribution in [0.4, 0.5) is 13.2 Å². The van der Waals surface area contributed by atoms with Gasteiger partial charge in [0.15, 0.2) is 11.5 Å². The Morgan fingerprint density at radius 3 is 2.44 bits per heavy atom. The molecule has 0 radical (unpaired) electrons. The highest BCUT2D eigenvalue weighted by atomic mass is 19.4. The minimum atomic E-state index is -4.46. The van der Waals surface area contributed by atoms with Crippen LogP contribution in [0.5, 0.6) is 11.5 Å². The number of methoxy groups -OCH3 is 1. The number of aromatic nitrogens is 2. The van der Waals surface area contributed by atoms with Gasteiger partial charge in [-0.1, -0.05) is 24.3 Å². The van der Waals surface area contributed by atoms with Gasteiger partial charge in [-0.25, -0.2) is 0 Å². The van der Waals surface area contributed by atoms with Crippen LogP contribution in [0.3, 0.4) is 0 Å². The van der Waals surface area contributed by atoms with E-state index in [0.717, 1.165) is 28.6 Å². The Bertz CT molecular complexity index is 1090. The number of carbonyl (C=O) groups is 1. The average molecular weight is 446 g/mol. The van der Waals surface area contributed by atoms with Gasteiger partial charge in [0.25, 0.3) is 0 Å². The number of rotatable bonds is 8. The van der Waals surface area contributed by atoms with Crippen LogP contribution in [-0.2, 0) is 17.6 Å². The highest BCUT2D eigenvalue weighted by Gasteiger charge is 2.33. The van der Waals surface area contributed by atoms with Crippen molar-refractivity contribution >= 4 is 5.78 Å². The van der Waals surface area contributed by atoms with Crippen LogP contribution in [0.25, 0.3) is 0 Å². The van der Waals surface area contributed by atoms with E-state index in [9.17, 15) is 18.0 Å². The van der Waals surface area contributed by atoms with E-state index in [1.54, 1.807) is 18.2 Å². The number of benzene rings is 2. The Kier molecular flexibility index (Phi) is 6.91. The second-order valence-corrected chi connectivity index (χ2v) is 7.66. The number of H-pyrrole nitrogens is 1. The number of Topliss-reactive ketones (excluding diaryl/α,β-unsaturated/α-hetero) is 1. The predicted molar refractivity (Wildman–Crippen MR) is 114 cm³/mol. The summed E-state index contributed by atoms with van der Waals surface area (Å²) in [5.74, 6) is 0.480. The van der Waals surface area contributed by atoms with Crippen LogP contribution in [0, 0.1) is 13.8 Å². The molecule has 1 aromatic heterocycles. The molecular formula is C24H25F3N2O3. The second-order valence-electron chi connectivity index (χ2n) is 7.66. The van der Waals surface area contributed by atoms with Crippen LogP contribution >= 0.6 is 0 Å². The summed E-state index contributed by atoms with van der Waals surface area (Å²) in [7, 11) is 1.46. The first kappa shape index (κ1) is 23.4. The fourth-order valence-electron chi connectivity index (χ4n) is 3.85. The highest BCUT2D eigenvalue weighted by Crippen LogP contribution is 2.38. The molecule has 1 atom stereocenters. The van der Waals surface area contributed by atoms with Gasteiger partial charge < -0.3 is 9.47 Å². The normalized spacial score (nSPS) is 12.5. The lowest BCUT2D eigenvalue weighted by atomic mass is 9.86. The summed E-state index contributed by atoms with van der Waals surface area (Å²) in [6.45, 7) is 5.04. The van der Waals surface area contributed by atoms with Crippen molar-refractivity contribution in [1.82, 2.24) is 10.2 Å². The van der Waals surface area contributed by atoms with Crippen molar-refractivity contribution in [2.45, 2.75) is 45.9 Å². The van der Waals surface area contributed by atoms with Crippen LogP contribution in [0.1, 0.15) is 52.9 Å². The molecule has 0 aliphatic heterocycles. The van der Waals surface area contributed by atoms with Crippen molar-refractivity contribution < 1.29 is 27.4 Å². The lowest BCUT2D eigenvalue weighted by molar-refractivity contribution is -0.138. The average Bonchev–Trinajstić information content (AvgIpc) is 3.07. The van der Waals surface area contributed by atoms with Crippen molar-refractivity contribution in [1.29, 1.82) is 0 Å². The smallest absolute Gasteiger partial charge is 0.416 e. The van der Waals surface area contributed by atoms with Crippen LogP contribution in [0.2, 0.25) is 0 Å². The summed E-state index contributed by atoms with van der Waals surface area (Å²) in [6.07, 6.45) is -4.18. The Morgan fingerprint density at radius 1 is 1.12 bits per heavy atom. The molecule has 0 saturated carbocycles. The number of nitrogens with one attached hydrogen (secondary N) is 1. The molecule has 1 N–H and O–H groups in total. The molecular weight excluding hydrogens is 421 g/mol. The lowest BCUT2D eigenvalue weighted by Gasteiger charge is -2.20. The van der Waals surface area contributed by atoms with Crippen molar-refractivity contribution in [2.75, 3.05) is 7.11 Å². The molecule has 0 fully saturated rings. The quantitative estimate of drug-likeness (QED) is 0.479. The van der Waals surface area contributed by atoms with Crippen molar-refractivity contribution in [3.63, 3.8) is 0 Å². The third kappa shape index (κ3) is 5.12. The lowest BCUT2D eigenvalue weighted by Crippen LogP contribution is -2.11. The molecule has 0 bridgehead atoms. The molecule has 0 spiro atoms. The number of hydrogen-bond donors (Lipinski definition) is 1. The first-order valence-electron chi connectivity index (χ1n) is 10.1. The number of alkyl halides is 3. The number of hydrogen-bond acceptors (Lipinski definition) is 4. The van der Waals surface area contributed by atoms with E-state index in [2.05, 4.69) is 10.2 Å². The highest BCUT2D eigenvalue weighted by molar-refractivity contribution is 5.77. The van der Waals surface area contributed by atoms with Crippen LogP contribution in [0.15, 0.2) is 42.5 Å². The van der Waals surface area contributed by atoms with Gasteiger partial charge in [-0.2, -0.15) is 18.3 Å². The van der Waals surface area contributed by atoms with Gasteiger partial charge >= 0.3 is 6.18 Å². The van der Waals surface area contributed by atoms with Gasteiger partial charge in [0.05, 0.1) is 18.4 Å². The summed E-state index contributed by atoms with van der Waals surface area (Å²) < 4.78 is 50.9. The van der Waals surface area contributed by atoms with Gasteiger partial charge in [0, 0.05) is 29.2 Å². The molecule has 170 valence electrons. The van der Waals surface area contributed by atoms with E-state index in [-0.39, 0.29) is 30.3 Å². The Labute approximate surface area is 184 Å². The first-order chi connectivity index (χ1) is 15.1.